The number of morpholine rings is 1. The van der Waals surface area contributed by atoms with Crippen molar-refractivity contribution in [3.8, 4) is 21.8 Å². The number of nitrogens with zero attached hydrogens (tertiary/aromatic N) is 6. The number of thiazole rings is 1. The maximum atomic E-state index is 14.8. The molecular weight excluding hydrogens is 610 g/mol. The fourth-order valence-corrected chi connectivity index (χ4v) is 6.10. The normalized spacial score (nSPS) is 13.2. The lowest BCUT2D eigenvalue weighted by atomic mass is 10.1. The van der Waals surface area contributed by atoms with Crippen molar-refractivity contribution in [3.63, 3.8) is 0 Å². The number of ether oxygens (including phenoxy) is 1. The molecule has 0 atom stereocenters. The minimum absolute atomic E-state index is 0.0542. The number of hydrogen-bond acceptors (Lipinski definition) is 11. The lowest BCUT2D eigenvalue weighted by Crippen LogP contribution is -2.36. The van der Waals surface area contributed by atoms with Crippen molar-refractivity contribution in [2.45, 2.75) is 4.90 Å². The van der Waals surface area contributed by atoms with Gasteiger partial charge in [0.1, 0.15) is 23.3 Å². The Morgan fingerprint density at radius 2 is 1.73 bits per heavy atom. The molecule has 0 spiro atoms. The summed E-state index contributed by atoms with van der Waals surface area (Å²) in [6.07, 6.45) is 3.39. The average Bonchev–Trinajstić information content (AvgIpc) is 3.49. The van der Waals surface area contributed by atoms with E-state index in [0.717, 1.165) is 41.6 Å². The highest BCUT2D eigenvalue weighted by Gasteiger charge is 2.20. The van der Waals surface area contributed by atoms with Crippen molar-refractivity contribution < 1.29 is 17.9 Å². The van der Waals surface area contributed by atoms with Crippen molar-refractivity contribution in [2.24, 2.45) is 0 Å². The van der Waals surface area contributed by atoms with Gasteiger partial charge in [-0.15, -0.1) is 0 Å². The summed E-state index contributed by atoms with van der Waals surface area (Å²) in [5, 5.41) is 3.93. The molecule has 4 heterocycles. The minimum Gasteiger partial charge on any atom is -0.378 e. The van der Waals surface area contributed by atoms with Crippen LogP contribution in [0.2, 0.25) is 0 Å². The van der Waals surface area contributed by atoms with E-state index in [1.54, 1.807) is 30.6 Å². The quantitative estimate of drug-likeness (QED) is 0.168. The largest absolute Gasteiger partial charge is 0.378 e. The zero-order valence-electron chi connectivity index (χ0n) is 23.7. The molecule has 0 saturated carbocycles. The standard InChI is InChI=1S/C30H27F3N8OS2/c1-40(2)30-38-26(18-6-8-20(31)24(16-18)39-44-27-21(32)4-3-5-22(27)33)28(43-30)23-10-11-34-29(37-23)36-19-7-9-25(35-17-19)41-12-14-42-15-13-41/h3-11,16-17,39H,12-15H2,1-2H3,(H,34,36,37). The first-order chi connectivity index (χ1) is 21.4. The molecule has 3 aromatic heterocycles. The third-order valence-corrected chi connectivity index (χ3v) is 8.81. The number of rotatable bonds is 9. The predicted octanol–water partition coefficient (Wildman–Crippen LogP) is 6.84. The van der Waals surface area contributed by atoms with Crippen LogP contribution in [0.5, 0.6) is 0 Å². The van der Waals surface area contributed by atoms with Crippen LogP contribution < -0.4 is 19.8 Å². The van der Waals surface area contributed by atoms with Crippen LogP contribution in [0.25, 0.3) is 21.8 Å². The van der Waals surface area contributed by atoms with Crippen LogP contribution >= 0.6 is 23.3 Å². The molecule has 1 aliphatic heterocycles. The summed E-state index contributed by atoms with van der Waals surface area (Å²) in [6, 6.07) is 13.7. The Morgan fingerprint density at radius 1 is 0.932 bits per heavy atom. The molecule has 1 fully saturated rings. The summed E-state index contributed by atoms with van der Waals surface area (Å²) in [7, 11) is 3.76. The van der Waals surface area contributed by atoms with Crippen LogP contribution in [0.1, 0.15) is 0 Å². The van der Waals surface area contributed by atoms with Crippen molar-refractivity contribution in [2.75, 3.05) is 60.2 Å². The summed E-state index contributed by atoms with van der Waals surface area (Å²) in [4.78, 5) is 23.0. The maximum absolute atomic E-state index is 14.8. The number of halogens is 3. The third kappa shape index (κ3) is 6.56. The lowest BCUT2D eigenvalue weighted by Gasteiger charge is -2.27. The Labute approximate surface area is 260 Å². The van der Waals surface area contributed by atoms with Crippen molar-refractivity contribution >= 4 is 51.6 Å². The van der Waals surface area contributed by atoms with Gasteiger partial charge < -0.3 is 24.6 Å². The van der Waals surface area contributed by atoms with Gasteiger partial charge in [-0.1, -0.05) is 17.4 Å². The molecule has 44 heavy (non-hydrogen) atoms. The topological polar surface area (TPSA) is 91.3 Å². The van der Waals surface area contributed by atoms with E-state index in [9.17, 15) is 13.2 Å². The fourth-order valence-electron chi connectivity index (χ4n) is 4.42. The van der Waals surface area contributed by atoms with Gasteiger partial charge in [0, 0.05) is 38.9 Å². The summed E-state index contributed by atoms with van der Waals surface area (Å²) < 4.78 is 51.3. The molecule has 1 saturated heterocycles. The molecule has 0 bridgehead atoms. The van der Waals surface area contributed by atoms with Gasteiger partial charge in [0.15, 0.2) is 5.13 Å². The molecule has 0 radical (unpaired) electrons. The highest BCUT2D eigenvalue weighted by molar-refractivity contribution is 8.00. The number of pyridine rings is 1. The molecule has 0 unspecified atom stereocenters. The van der Waals surface area contributed by atoms with Crippen LogP contribution in [-0.2, 0) is 4.74 Å². The number of benzene rings is 2. The van der Waals surface area contributed by atoms with E-state index in [0.29, 0.717) is 53.2 Å². The van der Waals surface area contributed by atoms with Gasteiger partial charge in [-0.25, -0.2) is 33.1 Å². The van der Waals surface area contributed by atoms with E-state index in [1.165, 1.54) is 23.5 Å². The minimum atomic E-state index is -0.742. The molecule has 14 heteroatoms. The van der Waals surface area contributed by atoms with E-state index in [4.69, 9.17) is 14.7 Å². The predicted molar refractivity (Wildman–Crippen MR) is 169 cm³/mol. The Kier molecular flexibility index (Phi) is 8.82. The van der Waals surface area contributed by atoms with Gasteiger partial charge in [-0.05, 0) is 60.5 Å². The molecule has 0 aliphatic carbocycles. The summed E-state index contributed by atoms with van der Waals surface area (Å²) in [5.41, 5.74) is 2.57. The van der Waals surface area contributed by atoms with Crippen molar-refractivity contribution in [3.05, 3.63) is 84.4 Å². The second-order valence-corrected chi connectivity index (χ2v) is 11.7. The van der Waals surface area contributed by atoms with Crippen LogP contribution in [0.3, 0.4) is 0 Å². The van der Waals surface area contributed by atoms with Gasteiger partial charge in [0.25, 0.3) is 0 Å². The van der Waals surface area contributed by atoms with Crippen LogP contribution in [0.15, 0.2) is 71.9 Å². The molecule has 2 N–H and O–H groups in total. The molecule has 6 rings (SSSR count). The van der Waals surface area contributed by atoms with Gasteiger partial charge in [0.05, 0.1) is 51.9 Å². The molecule has 1 aliphatic rings. The highest BCUT2D eigenvalue weighted by Crippen LogP contribution is 2.41. The summed E-state index contributed by atoms with van der Waals surface area (Å²) in [6.45, 7) is 2.96. The first-order valence-electron chi connectivity index (χ1n) is 13.6. The number of hydrogen-bond donors (Lipinski definition) is 2. The van der Waals surface area contributed by atoms with Gasteiger partial charge in [0.2, 0.25) is 5.95 Å². The first-order valence-corrected chi connectivity index (χ1v) is 15.2. The van der Waals surface area contributed by atoms with E-state index >= 15 is 0 Å². The van der Waals surface area contributed by atoms with E-state index in [2.05, 4.69) is 24.9 Å². The lowest BCUT2D eigenvalue weighted by molar-refractivity contribution is 0.122. The number of aromatic nitrogens is 4. The van der Waals surface area contributed by atoms with Crippen LogP contribution in [0, 0.1) is 17.5 Å². The molecule has 5 aromatic rings. The van der Waals surface area contributed by atoms with E-state index in [-0.39, 0.29) is 10.6 Å². The Balaban J connectivity index is 1.27. The van der Waals surface area contributed by atoms with Crippen LogP contribution in [0.4, 0.5) is 41.4 Å². The highest BCUT2D eigenvalue weighted by atomic mass is 32.2. The third-order valence-electron chi connectivity index (χ3n) is 6.65. The average molecular weight is 637 g/mol. The Bertz CT molecular complexity index is 1740. The van der Waals surface area contributed by atoms with Crippen molar-refractivity contribution in [1.82, 2.24) is 19.9 Å². The van der Waals surface area contributed by atoms with E-state index < -0.39 is 17.5 Å². The molecule has 226 valence electrons. The van der Waals surface area contributed by atoms with Crippen molar-refractivity contribution in [1.29, 1.82) is 0 Å². The van der Waals surface area contributed by atoms with Gasteiger partial charge in [-0.2, -0.15) is 0 Å². The molecule has 2 aromatic carbocycles. The van der Waals surface area contributed by atoms with Gasteiger partial charge >= 0.3 is 0 Å². The smallest absolute Gasteiger partial charge is 0.227 e. The SMILES string of the molecule is CN(C)c1nc(-c2ccc(F)c(NSc3c(F)cccc3F)c2)c(-c2ccnc(Nc3ccc(N4CCOCC4)nc3)n2)s1. The zero-order chi connectivity index (χ0) is 30.6. The molecule has 9 nitrogen and oxygen atoms in total. The molecular formula is C30H27F3N8OS2. The second-order valence-electron chi connectivity index (χ2n) is 9.91. The second kappa shape index (κ2) is 13.1. The van der Waals surface area contributed by atoms with Gasteiger partial charge in [-0.3, -0.25) is 0 Å². The Morgan fingerprint density at radius 3 is 2.45 bits per heavy atom. The maximum Gasteiger partial charge on any atom is 0.227 e. The molecule has 0 amide bonds. The monoisotopic (exact) mass is 636 g/mol. The summed E-state index contributed by atoms with van der Waals surface area (Å²) >= 11 is 2.08. The number of nitrogens with one attached hydrogen (secondary N) is 2. The fraction of sp³-hybridized carbons (Fsp3) is 0.200. The first kappa shape index (κ1) is 29.7. The Hall–Kier alpha value is -4.40. The summed E-state index contributed by atoms with van der Waals surface area (Å²) in [5.74, 6) is -0.810. The van der Waals surface area contributed by atoms with Crippen LogP contribution in [-0.4, -0.2) is 60.3 Å². The number of anilines is 5. The zero-order valence-corrected chi connectivity index (χ0v) is 25.4. The van der Waals surface area contributed by atoms with E-state index in [1.807, 2.05) is 31.1 Å².